The number of halogens is 1. The van der Waals surface area contributed by atoms with Gasteiger partial charge in [0.15, 0.2) is 11.6 Å². The molecule has 1 aromatic carbocycles. The highest BCUT2D eigenvalue weighted by Crippen LogP contribution is 2.29. The van der Waals surface area contributed by atoms with Crippen molar-refractivity contribution in [2.75, 3.05) is 10.6 Å². The van der Waals surface area contributed by atoms with E-state index in [1.165, 1.54) is 0 Å². The van der Waals surface area contributed by atoms with Gasteiger partial charge >= 0.3 is 0 Å². The predicted octanol–water partition coefficient (Wildman–Crippen LogP) is 4.36. The molecule has 1 aliphatic rings. The average molecular weight is 472 g/mol. The molecular formula is C26H26FN7O. The molecule has 0 unspecified atom stereocenters. The molecule has 0 bridgehead atoms. The van der Waals surface area contributed by atoms with Gasteiger partial charge in [0.1, 0.15) is 5.82 Å². The van der Waals surface area contributed by atoms with Crippen LogP contribution in [0.25, 0.3) is 22.0 Å². The fourth-order valence-corrected chi connectivity index (χ4v) is 4.43. The third-order valence-electron chi connectivity index (χ3n) is 6.34. The van der Waals surface area contributed by atoms with E-state index in [2.05, 4.69) is 25.6 Å². The number of aromatic nitrogens is 3. The van der Waals surface area contributed by atoms with Crippen molar-refractivity contribution in [3.8, 4) is 11.3 Å². The van der Waals surface area contributed by atoms with Crippen LogP contribution in [-0.4, -0.2) is 32.9 Å². The number of nitrogens with two attached hydrogens (primary N) is 2. The zero-order valence-corrected chi connectivity index (χ0v) is 19.0. The van der Waals surface area contributed by atoms with E-state index >= 15 is 0 Å². The highest BCUT2D eigenvalue weighted by Gasteiger charge is 2.24. The number of fused-ring (bicyclic) bond motifs is 1. The molecule has 5 rings (SSSR count). The molecule has 8 nitrogen and oxygen atoms in total. The van der Waals surface area contributed by atoms with Crippen molar-refractivity contribution >= 4 is 34.0 Å². The van der Waals surface area contributed by atoms with Gasteiger partial charge in [-0.15, -0.1) is 0 Å². The molecule has 1 amide bonds. The van der Waals surface area contributed by atoms with E-state index < -0.39 is 11.7 Å². The summed E-state index contributed by atoms with van der Waals surface area (Å²) in [6.07, 6.45) is 8.98. The van der Waals surface area contributed by atoms with Crippen LogP contribution in [0.5, 0.6) is 0 Å². The first kappa shape index (κ1) is 22.7. The molecule has 0 radical (unpaired) electrons. The second-order valence-corrected chi connectivity index (χ2v) is 8.77. The van der Waals surface area contributed by atoms with Crippen molar-refractivity contribution in [2.24, 2.45) is 11.5 Å². The normalized spacial score (nSPS) is 17.8. The highest BCUT2D eigenvalue weighted by atomic mass is 19.1. The maximum Gasteiger partial charge on any atom is 0.252 e. The summed E-state index contributed by atoms with van der Waals surface area (Å²) in [4.78, 5) is 25.1. The van der Waals surface area contributed by atoms with Gasteiger partial charge in [0.05, 0.1) is 11.3 Å². The Morgan fingerprint density at radius 1 is 1.00 bits per heavy atom. The van der Waals surface area contributed by atoms with Crippen LogP contribution in [0.15, 0.2) is 61.1 Å². The summed E-state index contributed by atoms with van der Waals surface area (Å²) < 4.78 is 14.8. The molecular weight excluding hydrogens is 445 g/mol. The lowest BCUT2D eigenvalue weighted by atomic mass is 9.91. The Morgan fingerprint density at radius 3 is 2.69 bits per heavy atom. The Balaban J connectivity index is 1.46. The number of hydrogen-bond acceptors (Lipinski definition) is 7. The van der Waals surface area contributed by atoms with Gasteiger partial charge in [-0.3, -0.25) is 14.8 Å². The summed E-state index contributed by atoms with van der Waals surface area (Å²) in [6, 6.07) is 12.4. The molecule has 2 atom stereocenters. The van der Waals surface area contributed by atoms with Gasteiger partial charge < -0.3 is 22.1 Å². The highest BCUT2D eigenvalue weighted by molar-refractivity contribution is 5.98. The smallest absolute Gasteiger partial charge is 0.252 e. The van der Waals surface area contributed by atoms with E-state index in [1.54, 1.807) is 18.5 Å². The Bertz CT molecular complexity index is 1390. The molecule has 35 heavy (non-hydrogen) atoms. The summed E-state index contributed by atoms with van der Waals surface area (Å²) in [5, 5.41) is 8.32. The zero-order valence-electron chi connectivity index (χ0n) is 19.0. The van der Waals surface area contributed by atoms with Gasteiger partial charge in [0.25, 0.3) is 5.91 Å². The monoisotopic (exact) mass is 471 g/mol. The zero-order chi connectivity index (χ0) is 24.4. The second kappa shape index (κ2) is 9.63. The number of benzene rings is 1. The van der Waals surface area contributed by atoms with Crippen molar-refractivity contribution in [3.63, 3.8) is 0 Å². The standard InChI is InChI=1S/C26H26FN7O/c27-20-13-19(24(29)35)25(34-26(20)33-22-4-2-1-3-21(22)28)32-18-8-10-31-23(12-18)16-5-6-17-14-30-9-7-15(17)11-16/h5-14,21-22H,1-4,28H2,(H2,29,35)(H2,31,32,33,34)/t21-,22+/m1/s1. The fraction of sp³-hybridized carbons (Fsp3) is 0.231. The number of nitrogens with zero attached hydrogens (tertiary/aromatic N) is 3. The summed E-state index contributed by atoms with van der Waals surface area (Å²) in [5.41, 5.74) is 14.0. The van der Waals surface area contributed by atoms with Crippen molar-refractivity contribution in [1.29, 1.82) is 0 Å². The fourth-order valence-electron chi connectivity index (χ4n) is 4.43. The lowest BCUT2D eigenvalue weighted by Crippen LogP contribution is -2.43. The van der Waals surface area contributed by atoms with Gasteiger partial charge in [-0.1, -0.05) is 25.0 Å². The molecule has 6 N–H and O–H groups in total. The van der Waals surface area contributed by atoms with Crippen molar-refractivity contribution in [2.45, 2.75) is 37.8 Å². The summed E-state index contributed by atoms with van der Waals surface area (Å²) in [5.74, 6) is -1.23. The van der Waals surface area contributed by atoms with Gasteiger partial charge in [-0.25, -0.2) is 9.37 Å². The first-order valence-corrected chi connectivity index (χ1v) is 11.6. The Hall–Kier alpha value is -4.11. The number of carbonyl (C=O) groups excluding carboxylic acids is 1. The van der Waals surface area contributed by atoms with Gasteiger partial charge in [-0.05, 0) is 48.6 Å². The van der Waals surface area contributed by atoms with E-state index in [0.717, 1.165) is 53.8 Å². The van der Waals surface area contributed by atoms with E-state index in [1.807, 2.05) is 36.5 Å². The molecule has 1 aliphatic carbocycles. The van der Waals surface area contributed by atoms with Crippen molar-refractivity contribution in [1.82, 2.24) is 15.0 Å². The Morgan fingerprint density at radius 2 is 1.86 bits per heavy atom. The van der Waals surface area contributed by atoms with Crippen LogP contribution < -0.4 is 22.1 Å². The van der Waals surface area contributed by atoms with E-state index in [0.29, 0.717) is 5.69 Å². The first-order valence-electron chi connectivity index (χ1n) is 11.6. The Kier molecular flexibility index (Phi) is 6.24. The molecule has 9 heteroatoms. The third kappa shape index (κ3) is 4.90. The second-order valence-electron chi connectivity index (χ2n) is 8.77. The van der Waals surface area contributed by atoms with Gasteiger partial charge in [-0.2, -0.15) is 0 Å². The van der Waals surface area contributed by atoms with Gasteiger partial charge in [0, 0.05) is 47.3 Å². The molecule has 178 valence electrons. The number of rotatable bonds is 6. The van der Waals surface area contributed by atoms with Crippen molar-refractivity contribution < 1.29 is 9.18 Å². The molecule has 1 saturated carbocycles. The summed E-state index contributed by atoms with van der Waals surface area (Å²) >= 11 is 0. The lowest BCUT2D eigenvalue weighted by Gasteiger charge is -2.30. The molecule has 0 aliphatic heterocycles. The number of amides is 1. The maximum atomic E-state index is 14.8. The SMILES string of the molecule is NC(=O)c1cc(F)c(N[C@H]2CCCC[C@H]2N)nc1Nc1ccnc(-c2ccc3cnccc3c2)c1. The minimum absolute atomic E-state index is 0.0391. The number of primary amides is 1. The van der Waals surface area contributed by atoms with E-state index in [4.69, 9.17) is 11.5 Å². The predicted molar refractivity (Wildman–Crippen MR) is 135 cm³/mol. The summed E-state index contributed by atoms with van der Waals surface area (Å²) in [7, 11) is 0. The quantitative estimate of drug-likeness (QED) is 0.329. The number of carbonyl (C=O) groups is 1. The van der Waals surface area contributed by atoms with E-state index in [-0.39, 0.29) is 29.3 Å². The average Bonchev–Trinajstić information content (AvgIpc) is 2.87. The molecule has 0 spiro atoms. The Labute approximate surface area is 202 Å². The minimum Gasteiger partial charge on any atom is -0.365 e. The van der Waals surface area contributed by atoms with Crippen LogP contribution in [0.1, 0.15) is 36.0 Å². The minimum atomic E-state index is -0.780. The number of nitrogens with one attached hydrogen (secondary N) is 2. The summed E-state index contributed by atoms with van der Waals surface area (Å²) in [6.45, 7) is 0. The molecule has 3 heterocycles. The molecule has 4 aromatic rings. The van der Waals surface area contributed by atoms with E-state index in [9.17, 15) is 9.18 Å². The molecule has 0 saturated heterocycles. The maximum absolute atomic E-state index is 14.8. The lowest BCUT2D eigenvalue weighted by molar-refractivity contribution is 0.100. The number of hydrogen-bond donors (Lipinski definition) is 4. The van der Waals surface area contributed by atoms with Crippen LogP contribution in [0.2, 0.25) is 0 Å². The molecule has 3 aromatic heterocycles. The topological polar surface area (TPSA) is 132 Å². The largest absolute Gasteiger partial charge is 0.365 e. The molecule has 1 fully saturated rings. The van der Waals surface area contributed by atoms with Crippen LogP contribution in [0, 0.1) is 5.82 Å². The first-order chi connectivity index (χ1) is 17.0. The van der Waals surface area contributed by atoms with Crippen LogP contribution in [0.3, 0.4) is 0 Å². The van der Waals surface area contributed by atoms with Crippen LogP contribution in [-0.2, 0) is 0 Å². The van der Waals surface area contributed by atoms with Gasteiger partial charge in [0.2, 0.25) is 0 Å². The third-order valence-corrected chi connectivity index (χ3v) is 6.34. The number of pyridine rings is 3. The van der Waals surface area contributed by atoms with Crippen molar-refractivity contribution in [3.05, 3.63) is 72.4 Å². The number of anilines is 3. The van der Waals surface area contributed by atoms with Crippen LogP contribution in [0.4, 0.5) is 21.7 Å². The van der Waals surface area contributed by atoms with Crippen LogP contribution >= 0.6 is 0 Å².